The first-order chi connectivity index (χ1) is 22.6. The molecule has 1 heterocycles. The third-order valence-electron chi connectivity index (χ3n) is 11.2. The molecule has 0 bridgehead atoms. The first kappa shape index (κ1) is 38.1. The van der Waals surface area contributed by atoms with Gasteiger partial charge in [0.2, 0.25) is 27.6 Å². The fourth-order valence-electron chi connectivity index (χ4n) is 7.93. The highest BCUT2D eigenvalue weighted by Crippen LogP contribution is 2.41. The summed E-state index contributed by atoms with van der Waals surface area (Å²) in [5.74, 6) is -2.21. The zero-order chi connectivity index (χ0) is 35.3. The Hall–Kier alpha value is -2.74. The first-order valence-corrected chi connectivity index (χ1v) is 19.6. The van der Waals surface area contributed by atoms with E-state index in [9.17, 15) is 32.4 Å². The molecular weight excluding hydrogens is 636 g/mol. The maximum Gasteiger partial charge on any atom is 0.315 e. The molecule has 1 aliphatic heterocycles. The van der Waals surface area contributed by atoms with Crippen molar-refractivity contribution in [3.05, 3.63) is 0 Å². The molecule has 13 nitrogen and oxygen atoms in total. The number of Topliss-reactive ketones (excluding diaryl/α,β-unsaturated/α-hetero) is 1. The molecule has 4 rings (SSSR count). The van der Waals surface area contributed by atoms with E-state index in [4.69, 9.17) is 0 Å². The number of hydrogen-bond donors (Lipinski definition) is 4. The van der Waals surface area contributed by atoms with Crippen LogP contribution in [0.4, 0.5) is 4.79 Å². The van der Waals surface area contributed by atoms with Crippen LogP contribution < -0.4 is 21.3 Å². The largest absolute Gasteiger partial charge is 0.347 e. The van der Waals surface area contributed by atoms with Crippen molar-refractivity contribution in [3.8, 4) is 0 Å². The van der Waals surface area contributed by atoms with Crippen molar-refractivity contribution in [2.75, 3.05) is 20.6 Å². The lowest BCUT2D eigenvalue weighted by atomic mass is 9.70. The summed E-state index contributed by atoms with van der Waals surface area (Å²) in [5, 5.41) is 10.7. The molecule has 48 heavy (non-hydrogen) atoms. The van der Waals surface area contributed by atoms with E-state index in [1.807, 2.05) is 13.8 Å². The van der Waals surface area contributed by atoms with Gasteiger partial charge in [-0.15, -0.1) is 0 Å². The van der Waals surface area contributed by atoms with Gasteiger partial charge in [0.15, 0.2) is 0 Å². The minimum Gasteiger partial charge on any atom is -0.347 e. The lowest BCUT2D eigenvalue weighted by Gasteiger charge is -2.45. The third-order valence-corrected chi connectivity index (χ3v) is 13.6. The fraction of sp³-hybridized carbons (Fsp3) is 0.853. The molecule has 4 fully saturated rings. The topological polar surface area (TPSA) is 174 Å². The van der Waals surface area contributed by atoms with Crippen molar-refractivity contribution in [3.63, 3.8) is 0 Å². The van der Waals surface area contributed by atoms with Crippen molar-refractivity contribution >= 4 is 39.6 Å². The molecule has 4 atom stereocenters. The van der Waals surface area contributed by atoms with E-state index in [1.54, 1.807) is 6.92 Å². The smallest absolute Gasteiger partial charge is 0.315 e. The van der Waals surface area contributed by atoms with Crippen LogP contribution in [0.15, 0.2) is 0 Å². The summed E-state index contributed by atoms with van der Waals surface area (Å²) in [6.45, 7) is 5.84. The number of nitrogens with one attached hydrogen (secondary N) is 4. The molecule has 0 aromatic rings. The van der Waals surface area contributed by atoms with E-state index >= 15 is 0 Å². The van der Waals surface area contributed by atoms with E-state index in [1.165, 1.54) is 23.3 Å². The van der Waals surface area contributed by atoms with E-state index in [2.05, 4.69) is 21.3 Å². The number of hydrogen-bond acceptors (Lipinski definition) is 7. The summed E-state index contributed by atoms with van der Waals surface area (Å²) < 4.78 is 27.7. The van der Waals surface area contributed by atoms with Crippen LogP contribution in [0, 0.1) is 5.41 Å². The number of likely N-dealkylation sites (tertiary alicyclic amines) is 1. The van der Waals surface area contributed by atoms with Crippen molar-refractivity contribution in [2.45, 2.75) is 158 Å². The highest BCUT2D eigenvalue weighted by atomic mass is 32.2. The van der Waals surface area contributed by atoms with Crippen LogP contribution in [-0.4, -0.2) is 103 Å². The van der Waals surface area contributed by atoms with Gasteiger partial charge in [-0.25, -0.2) is 17.5 Å². The van der Waals surface area contributed by atoms with Gasteiger partial charge in [-0.1, -0.05) is 58.8 Å². The summed E-state index contributed by atoms with van der Waals surface area (Å²) >= 11 is 0. The van der Waals surface area contributed by atoms with Crippen LogP contribution in [-0.2, 0) is 29.2 Å². The summed E-state index contributed by atoms with van der Waals surface area (Å²) in [6.07, 6.45) is 11.3. The second-order valence-electron chi connectivity index (χ2n) is 15.1. The highest BCUT2D eigenvalue weighted by molar-refractivity contribution is 7.89. The Morgan fingerprint density at radius 1 is 0.875 bits per heavy atom. The average Bonchev–Trinajstić information content (AvgIpc) is 3.73. The van der Waals surface area contributed by atoms with E-state index in [0.717, 1.165) is 51.4 Å². The number of sulfonamides is 1. The van der Waals surface area contributed by atoms with Crippen LogP contribution in [0.25, 0.3) is 0 Å². The van der Waals surface area contributed by atoms with Gasteiger partial charge in [0.05, 0.1) is 16.8 Å². The van der Waals surface area contributed by atoms with Gasteiger partial charge in [-0.2, -0.15) is 0 Å². The average molecular weight is 695 g/mol. The SMILES string of the molecule is CCC[C@H](NC(=O)[C@@H]1CCCN1C(=O)[C@@H](NC(=O)NC1([C@@H](C)S(=O)(=O)N(C)C)CCCCC1)C1(C)CCCCC1)C(=O)C(=O)NC1CC1. The fourth-order valence-corrected chi connectivity index (χ4v) is 9.43. The Morgan fingerprint density at radius 3 is 2.04 bits per heavy atom. The number of amides is 5. The van der Waals surface area contributed by atoms with E-state index in [0.29, 0.717) is 57.9 Å². The van der Waals surface area contributed by atoms with Gasteiger partial charge in [0.25, 0.3) is 5.91 Å². The van der Waals surface area contributed by atoms with Crippen molar-refractivity contribution in [1.82, 2.24) is 30.5 Å². The number of carbonyl (C=O) groups excluding carboxylic acids is 5. The maximum absolute atomic E-state index is 14.5. The quantitative estimate of drug-likeness (QED) is 0.202. The summed E-state index contributed by atoms with van der Waals surface area (Å²) in [7, 11) is -0.709. The number of rotatable bonds is 14. The standard InChI is InChI=1S/C34H58N6O7S/c1-6-14-25(27(41)30(43)35-24-16-17-24)36-29(42)26-15-13-22-40(26)31(44)28(33(3)18-9-7-10-19-33)37-32(45)38-34(20-11-8-12-21-34)23(2)48(46,47)39(4)5/h23-26,28H,6-22H2,1-5H3,(H,35,43)(H,36,42)(H2,37,38,45)/t23-,25+,26+,28-/m1/s1. The van der Waals surface area contributed by atoms with Crippen LogP contribution in [0.1, 0.15) is 124 Å². The normalized spacial score (nSPS) is 24.2. The van der Waals surface area contributed by atoms with Gasteiger partial charge >= 0.3 is 6.03 Å². The van der Waals surface area contributed by atoms with Gasteiger partial charge in [-0.05, 0) is 70.1 Å². The Labute approximate surface area is 286 Å². The molecule has 3 aliphatic carbocycles. The minimum absolute atomic E-state index is 0.0127. The number of nitrogens with zero attached hydrogens (tertiary/aromatic N) is 2. The molecule has 5 amide bonds. The zero-order valence-electron chi connectivity index (χ0n) is 29.6. The third kappa shape index (κ3) is 8.70. The first-order valence-electron chi connectivity index (χ1n) is 18.1. The molecule has 0 unspecified atom stereocenters. The summed E-state index contributed by atoms with van der Waals surface area (Å²) in [5.41, 5.74) is -1.56. The second-order valence-corrected chi connectivity index (χ2v) is 17.6. The number of urea groups is 1. The Balaban J connectivity index is 1.54. The molecule has 4 aliphatic rings. The number of carbonyl (C=O) groups is 5. The zero-order valence-corrected chi connectivity index (χ0v) is 30.4. The van der Waals surface area contributed by atoms with Crippen LogP contribution in [0.3, 0.4) is 0 Å². The molecule has 0 aromatic carbocycles. The monoisotopic (exact) mass is 694 g/mol. The lowest BCUT2D eigenvalue weighted by Crippen LogP contribution is -2.66. The van der Waals surface area contributed by atoms with Gasteiger partial charge in [0.1, 0.15) is 12.1 Å². The van der Waals surface area contributed by atoms with Crippen molar-refractivity contribution < 1.29 is 32.4 Å². The molecule has 14 heteroatoms. The Bertz CT molecular complexity index is 1300. The predicted octanol–water partition coefficient (Wildman–Crippen LogP) is 2.73. The Morgan fingerprint density at radius 2 is 1.48 bits per heavy atom. The lowest BCUT2D eigenvalue weighted by molar-refractivity contribution is -0.144. The molecule has 272 valence electrons. The summed E-state index contributed by atoms with van der Waals surface area (Å²) in [4.78, 5) is 69.1. The maximum atomic E-state index is 14.5. The van der Waals surface area contributed by atoms with Gasteiger partial charge in [-0.3, -0.25) is 19.2 Å². The second kappa shape index (κ2) is 15.9. The molecule has 0 spiro atoms. The number of ketones is 1. The minimum atomic E-state index is -3.69. The molecule has 3 saturated carbocycles. The van der Waals surface area contributed by atoms with E-state index < -0.39 is 68.0 Å². The van der Waals surface area contributed by atoms with Crippen molar-refractivity contribution in [2.24, 2.45) is 5.41 Å². The Kier molecular flexibility index (Phi) is 12.6. The van der Waals surface area contributed by atoms with Gasteiger partial charge in [0, 0.05) is 26.7 Å². The molecule has 0 aromatic heterocycles. The molecule has 1 saturated heterocycles. The summed E-state index contributed by atoms with van der Waals surface area (Å²) in [6, 6.07) is -3.34. The van der Waals surface area contributed by atoms with Crippen LogP contribution >= 0.6 is 0 Å². The van der Waals surface area contributed by atoms with Crippen LogP contribution in [0.5, 0.6) is 0 Å². The van der Waals surface area contributed by atoms with Crippen molar-refractivity contribution in [1.29, 1.82) is 0 Å². The molecule has 4 N–H and O–H groups in total. The van der Waals surface area contributed by atoms with Crippen LogP contribution in [0.2, 0.25) is 0 Å². The molecular formula is C34H58N6O7S. The van der Waals surface area contributed by atoms with E-state index in [-0.39, 0.29) is 11.9 Å². The molecule has 0 radical (unpaired) electrons. The predicted molar refractivity (Wildman–Crippen MR) is 182 cm³/mol. The van der Waals surface area contributed by atoms with Gasteiger partial charge < -0.3 is 26.2 Å². The highest BCUT2D eigenvalue weighted by Gasteiger charge is 2.49.